The summed E-state index contributed by atoms with van der Waals surface area (Å²) in [5.74, 6) is -0.883. The fourth-order valence-corrected chi connectivity index (χ4v) is 1.21. The fraction of sp³-hybridized carbons (Fsp3) is 0.333. The van der Waals surface area contributed by atoms with Crippen molar-refractivity contribution in [2.45, 2.75) is 12.5 Å². The molecule has 5 nitrogen and oxygen atoms in total. The largest absolute Gasteiger partial charge is 0.395 e. The zero-order chi connectivity index (χ0) is 11.4. The summed E-state index contributed by atoms with van der Waals surface area (Å²) in [6.07, 6.45) is 0.0734. The Bertz CT molecular complexity index is 370. The van der Waals surface area contributed by atoms with Crippen molar-refractivity contribution >= 4 is 5.69 Å². The van der Waals surface area contributed by atoms with E-state index in [9.17, 15) is 14.5 Å². The Hall–Kier alpha value is -1.53. The van der Waals surface area contributed by atoms with E-state index in [0.717, 1.165) is 6.07 Å². The molecule has 1 unspecified atom stereocenters. The Balaban J connectivity index is 2.99. The second-order valence-electron chi connectivity index (χ2n) is 3.15. The van der Waals surface area contributed by atoms with Gasteiger partial charge in [0.25, 0.3) is 0 Å². The summed E-state index contributed by atoms with van der Waals surface area (Å²) in [5.41, 5.74) is 4.99. The number of aliphatic hydroxyl groups is 1. The number of nitrogens with two attached hydrogens (primary N) is 1. The topological polar surface area (TPSA) is 89.4 Å². The van der Waals surface area contributed by atoms with Crippen LogP contribution in [0.2, 0.25) is 0 Å². The maximum Gasteiger partial charge on any atom is 0.305 e. The molecular formula is C9H11FN2O3. The molecule has 1 atom stereocenters. The summed E-state index contributed by atoms with van der Waals surface area (Å²) in [6, 6.07) is 3.28. The average Bonchev–Trinajstić information content (AvgIpc) is 2.20. The van der Waals surface area contributed by atoms with Gasteiger partial charge in [0.15, 0.2) is 0 Å². The van der Waals surface area contributed by atoms with Crippen LogP contribution in [-0.4, -0.2) is 22.7 Å². The number of nitrogens with zero attached hydrogens (tertiary/aromatic N) is 1. The molecule has 0 spiro atoms. The number of rotatable bonds is 4. The van der Waals surface area contributed by atoms with E-state index in [2.05, 4.69) is 0 Å². The molecule has 15 heavy (non-hydrogen) atoms. The third-order valence-corrected chi connectivity index (χ3v) is 1.97. The second kappa shape index (κ2) is 4.81. The number of hydrogen-bond acceptors (Lipinski definition) is 4. The van der Waals surface area contributed by atoms with Gasteiger partial charge in [0.05, 0.1) is 11.5 Å². The normalized spacial score (nSPS) is 12.5. The van der Waals surface area contributed by atoms with Gasteiger partial charge in [-0.15, -0.1) is 0 Å². The number of nitro groups is 1. The standard InChI is InChI=1S/C9H11FN2O3/c10-9-6(4-7(11)5-13)2-1-3-8(9)12(14)15/h1-3,7,13H,4-5,11H2. The highest BCUT2D eigenvalue weighted by Gasteiger charge is 2.18. The van der Waals surface area contributed by atoms with Crippen LogP contribution in [0, 0.1) is 15.9 Å². The molecule has 0 aliphatic rings. The molecule has 1 rings (SSSR count). The lowest BCUT2D eigenvalue weighted by molar-refractivity contribution is -0.387. The first-order valence-electron chi connectivity index (χ1n) is 4.34. The van der Waals surface area contributed by atoms with Crippen LogP contribution in [-0.2, 0) is 6.42 Å². The van der Waals surface area contributed by atoms with Crippen molar-refractivity contribution in [3.05, 3.63) is 39.7 Å². The van der Waals surface area contributed by atoms with E-state index >= 15 is 0 Å². The van der Waals surface area contributed by atoms with E-state index in [1.807, 2.05) is 0 Å². The van der Waals surface area contributed by atoms with Crippen molar-refractivity contribution in [2.75, 3.05) is 6.61 Å². The average molecular weight is 214 g/mol. The minimum atomic E-state index is -0.883. The summed E-state index contributed by atoms with van der Waals surface area (Å²) in [7, 11) is 0. The van der Waals surface area contributed by atoms with Crippen molar-refractivity contribution in [3.8, 4) is 0 Å². The van der Waals surface area contributed by atoms with Crippen LogP contribution >= 0.6 is 0 Å². The highest BCUT2D eigenvalue weighted by Crippen LogP contribution is 2.20. The van der Waals surface area contributed by atoms with Gasteiger partial charge in [-0.3, -0.25) is 10.1 Å². The second-order valence-corrected chi connectivity index (χ2v) is 3.15. The van der Waals surface area contributed by atoms with Crippen molar-refractivity contribution in [3.63, 3.8) is 0 Å². The minimum absolute atomic E-state index is 0.0734. The number of hydrogen-bond donors (Lipinski definition) is 2. The van der Waals surface area contributed by atoms with Gasteiger partial charge in [-0.1, -0.05) is 12.1 Å². The first kappa shape index (κ1) is 11.5. The summed E-state index contributed by atoms with van der Waals surface area (Å²) in [5, 5.41) is 19.1. The Morgan fingerprint density at radius 2 is 2.27 bits per heavy atom. The van der Waals surface area contributed by atoms with Crippen LogP contribution in [0.1, 0.15) is 5.56 Å². The molecule has 0 saturated heterocycles. The zero-order valence-corrected chi connectivity index (χ0v) is 7.89. The van der Waals surface area contributed by atoms with Crippen LogP contribution in [0.25, 0.3) is 0 Å². The van der Waals surface area contributed by atoms with Crippen molar-refractivity contribution < 1.29 is 14.4 Å². The predicted molar refractivity (Wildman–Crippen MR) is 51.8 cm³/mol. The fourth-order valence-electron chi connectivity index (χ4n) is 1.21. The van der Waals surface area contributed by atoms with Gasteiger partial charge in [-0.25, -0.2) is 0 Å². The summed E-state index contributed by atoms with van der Waals surface area (Å²) >= 11 is 0. The molecule has 0 amide bonds. The van der Waals surface area contributed by atoms with E-state index in [1.54, 1.807) is 0 Å². The molecule has 0 aliphatic carbocycles. The number of halogens is 1. The van der Waals surface area contributed by atoms with Crippen LogP contribution in [0.4, 0.5) is 10.1 Å². The number of aliphatic hydroxyl groups excluding tert-OH is 1. The van der Waals surface area contributed by atoms with E-state index in [4.69, 9.17) is 10.8 Å². The molecule has 0 bridgehead atoms. The first-order chi connectivity index (χ1) is 7.06. The molecule has 0 aromatic heterocycles. The maximum absolute atomic E-state index is 13.4. The van der Waals surface area contributed by atoms with Gasteiger partial charge in [0, 0.05) is 12.1 Å². The predicted octanol–water partition coefficient (Wildman–Crippen LogP) is 0.596. The summed E-state index contributed by atoms with van der Waals surface area (Å²) in [4.78, 5) is 9.63. The summed E-state index contributed by atoms with van der Waals surface area (Å²) < 4.78 is 13.4. The lowest BCUT2D eigenvalue weighted by atomic mass is 10.1. The Morgan fingerprint density at radius 3 is 2.80 bits per heavy atom. The summed E-state index contributed by atoms with van der Waals surface area (Å²) in [6.45, 7) is -0.290. The lowest BCUT2D eigenvalue weighted by Crippen LogP contribution is -2.27. The molecule has 1 aromatic rings. The van der Waals surface area contributed by atoms with Gasteiger partial charge < -0.3 is 10.8 Å². The molecule has 0 saturated carbocycles. The van der Waals surface area contributed by atoms with E-state index < -0.39 is 22.5 Å². The third-order valence-electron chi connectivity index (χ3n) is 1.97. The van der Waals surface area contributed by atoms with Crippen LogP contribution in [0.5, 0.6) is 0 Å². The Kier molecular flexibility index (Phi) is 3.70. The molecule has 0 heterocycles. The van der Waals surface area contributed by atoms with Crippen molar-refractivity contribution in [2.24, 2.45) is 5.73 Å². The molecule has 1 aromatic carbocycles. The van der Waals surface area contributed by atoms with Crippen LogP contribution in [0.15, 0.2) is 18.2 Å². The van der Waals surface area contributed by atoms with Gasteiger partial charge in [-0.05, 0) is 12.0 Å². The lowest BCUT2D eigenvalue weighted by Gasteiger charge is -2.08. The number of benzene rings is 1. The smallest absolute Gasteiger partial charge is 0.305 e. The van der Waals surface area contributed by atoms with E-state index in [0.29, 0.717) is 0 Å². The minimum Gasteiger partial charge on any atom is -0.395 e. The van der Waals surface area contributed by atoms with Gasteiger partial charge in [0.2, 0.25) is 5.82 Å². The molecule has 0 aliphatic heterocycles. The van der Waals surface area contributed by atoms with E-state index in [1.165, 1.54) is 12.1 Å². The number of nitro benzene ring substituents is 1. The van der Waals surface area contributed by atoms with Crippen molar-refractivity contribution in [1.29, 1.82) is 0 Å². The van der Waals surface area contributed by atoms with Gasteiger partial charge in [-0.2, -0.15) is 4.39 Å². The molecular weight excluding hydrogens is 203 g/mol. The molecule has 6 heteroatoms. The molecule has 3 N–H and O–H groups in total. The molecule has 82 valence electrons. The van der Waals surface area contributed by atoms with Crippen LogP contribution in [0.3, 0.4) is 0 Å². The highest BCUT2D eigenvalue weighted by molar-refractivity contribution is 5.37. The monoisotopic (exact) mass is 214 g/mol. The van der Waals surface area contributed by atoms with Crippen molar-refractivity contribution in [1.82, 2.24) is 0 Å². The van der Waals surface area contributed by atoms with Crippen LogP contribution < -0.4 is 5.73 Å². The van der Waals surface area contributed by atoms with Gasteiger partial charge in [0.1, 0.15) is 0 Å². The van der Waals surface area contributed by atoms with Gasteiger partial charge >= 0.3 is 5.69 Å². The van der Waals surface area contributed by atoms with E-state index in [-0.39, 0.29) is 18.6 Å². The highest BCUT2D eigenvalue weighted by atomic mass is 19.1. The Labute approximate surface area is 85.5 Å². The molecule has 0 radical (unpaired) electrons. The Morgan fingerprint density at radius 1 is 1.60 bits per heavy atom. The molecule has 0 fully saturated rings. The quantitative estimate of drug-likeness (QED) is 0.567. The zero-order valence-electron chi connectivity index (χ0n) is 7.89. The maximum atomic E-state index is 13.4. The first-order valence-corrected chi connectivity index (χ1v) is 4.34. The SMILES string of the molecule is NC(CO)Cc1cccc([N+](=O)[O-])c1F. The third kappa shape index (κ3) is 2.71.